The van der Waals surface area contributed by atoms with Crippen LogP contribution in [0, 0.1) is 13.8 Å². The lowest BCUT2D eigenvalue weighted by atomic mass is 9.95. The molecular weight excluding hydrogens is 206 g/mol. The van der Waals surface area contributed by atoms with Crippen molar-refractivity contribution in [2.24, 2.45) is 5.73 Å². The van der Waals surface area contributed by atoms with E-state index in [2.05, 4.69) is 0 Å². The number of carbonyl (C=O) groups is 1. The van der Waals surface area contributed by atoms with Gasteiger partial charge in [0.05, 0.1) is 12.5 Å². The van der Waals surface area contributed by atoms with Gasteiger partial charge in [0.15, 0.2) is 0 Å². The zero-order valence-electron chi connectivity index (χ0n) is 9.47. The normalized spacial score (nSPS) is 14.5. The summed E-state index contributed by atoms with van der Waals surface area (Å²) in [5, 5.41) is 18.5. The molecule has 88 valence electrons. The van der Waals surface area contributed by atoms with Gasteiger partial charge >= 0.3 is 5.97 Å². The second-order valence-corrected chi connectivity index (χ2v) is 4.07. The van der Waals surface area contributed by atoms with Crippen LogP contribution in [0.5, 0.6) is 0 Å². The van der Waals surface area contributed by atoms with Gasteiger partial charge in [-0.1, -0.05) is 23.8 Å². The van der Waals surface area contributed by atoms with Crippen LogP contribution < -0.4 is 5.73 Å². The molecule has 0 aromatic heterocycles. The molecule has 0 amide bonds. The Morgan fingerprint density at radius 2 is 2.06 bits per heavy atom. The average molecular weight is 223 g/mol. The van der Waals surface area contributed by atoms with Crippen molar-refractivity contribution < 1.29 is 15.0 Å². The predicted octanol–water partition coefficient (Wildman–Crippen LogP) is 1.14. The standard InChI is InChI=1S/C12H17NO3/c1-7-3-4-9(8(2)5-7)12(16)10(13)6-11(14)15/h3-5,10,12,16H,6,13H2,1-2H3,(H,14,15). The van der Waals surface area contributed by atoms with Gasteiger partial charge in [0, 0.05) is 6.04 Å². The highest BCUT2D eigenvalue weighted by molar-refractivity contribution is 5.67. The third-order valence-corrected chi connectivity index (χ3v) is 2.56. The molecule has 0 radical (unpaired) electrons. The second kappa shape index (κ2) is 5.09. The lowest BCUT2D eigenvalue weighted by Crippen LogP contribution is -2.31. The van der Waals surface area contributed by atoms with E-state index in [0.29, 0.717) is 5.56 Å². The fourth-order valence-electron chi connectivity index (χ4n) is 1.70. The maximum Gasteiger partial charge on any atom is 0.305 e. The van der Waals surface area contributed by atoms with Crippen LogP contribution in [0.15, 0.2) is 18.2 Å². The molecule has 0 heterocycles. The quantitative estimate of drug-likeness (QED) is 0.714. The van der Waals surface area contributed by atoms with Crippen molar-refractivity contribution in [3.63, 3.8) is 0 Å². The highest BCUT2D eigenvalue weighted by Gasteiger charge is 2.20. The molecule has 0 spiro atoms. The fourth-order valence-corrected chi connectivity index (χ4v) is 1.70. The van der Waals surface area contributed by atoms with E-state index in [1.54, 1.807) is 6.07 Å². The first-order chi connectivity index (χ1) is 7.41. The maximum absolute atomic E-state index is 10.5. The molecule has 0 aliphatic heterocycles. The SMILES string of the molecule is Cc1ccc(C(O)C(N)CC(=O)O)c(C)c1. The van der Waals surface area contributed by atoms with Gasteiger partial charge in [0.2, 0.25) is 0 Å². The van der Waals surface area contributed by atoms with E-state index < -0.39 is 18.1 Å². The van der Waals surface area contributed by atoms with Crippen LogP contribution in [0.4, 0.5) is 0 Å². The number of benzene rings is 1. The van der Waals surface area contributed by atoms with Crippen molar-refractivity contribution in [1.29, 1.82) is 0 Å². The van der Waals surface area contributed by atoms with Crippen LogP contribution in [-0.2, 0) is 4.79 Å². The molecule has 4 nitrogen and oxygen atoms in total. The summed E-state index contributed by atoms with van der Waals surface area (Å²) in [4.78, 5) is 10.5. The number of rotatable bonds is 4. The average Bonchev–Trinajstić information content (AvgIpc) is 2.15. The lowest BCUT2D eigenvalue weighted by molar-refractivity contribution is -0.138. The zero-order valence-corrected chi connectivity index (χ0v) is 9.47. The van der Waals surface area contributed by atoms with Crippen molar-refractivity contribution in [3.8, 4) is 0 Å². The summed E-state index contributed by atoms with van der Waals surface area (Å²) in [7, 11) is 0. The Hall–Kier alpha value is -1.39. The van der Waals surface area contributed by atoms with Crippen molar-refractivity contribution in [2.75, 3.05) is 0 Å². The molecule has 1 aromatic rings. The summed E-state index contributed by atoms with van der Waals surface area (Å²) in [6.07, 6.45) is -1.18. The Balaban J connectivity index is 2.87. The summed E-state index contributed by atoms with van der Waals surface area (Å²) in [5.74, 6) is -1.00. The number of aliphatic carboxylic acids is 1. The topological polar surface area (TPSA) is 83.5 Å². The fraction of sp³-hybridized carbons (Fsp3) is 0.417. The van der Waals surface area contributed by atoms with Crippen LogP contribution in [0.2, 0.25) is 0 Å². The molecule has 0 saturated carbocycles. The lowest BCUT2D eigenvalue weighted by Gasteiger charge is -2.19. The van der Waals surface area contributed by atoms with Gasteiger partial charge < -0.3 is 15.9 Å². The van der Waals surface area contributed by atoms with Crippen LogP contribution >= 0.6 is 0 Å². The van der Waals surface area contributed by atoms with Gasteiger partial charge in [0.25, 0.3) is 0 Å². The molecule has 1 aromatic carbocycles. The van der Waals surface area contributed by atoms with Gasteiger partial charge in [-0.25, -0.2) is 0 Å². The predicted molar refractivity (Wildman–Crippen MR) is 61.1 cm³/mol. The number of aryl methyl sites for hydroxylation is 2. The van der Waals surface area contributed by atoms with E-state index in [0.717, 1.165) is 11.1 Å². The molecule has 4 N–H and O–H groups in total. The number of aliphatic hydroxyl groups excluding tert-OH is 1. The molecule has 16 heavy (non-hydrogen) atoms. The molecule has 0 aliphatic carbocycles. The second-order valence-electron chi connectivity index (χ2n) is 4.07. The highest BCUT2D eigenvalue weighted by atomic mass is 16.4. The Morgan fingerprint density at radius 3 is 2.56 bits per heavy atom. The van der Waals surface area contributed by atoms with Gasteiger partial charge in [0.1, 0.15) is 0 Å². The molecule has 2 unspecified atom stereocenters. The van der Waals surface area contributed by atoms with Crippen molar-refractivity contribution >= 4 is 5.97 Å². The largest absolute Gasteiger partial charge is 0.481 e. The zero-order chi connectivity index (χ0) is 12.3. The van der Waals surface area contributed by atoms with Crippen LogP contribution in [0.25, 0.3) is 0 Å². The van der Waals surface area contributed by atoms with E-state index >= 15 is 0 Å². The smallest absolute Gasteiger partial charge is 0.305 e. The first-order valence-corrected chi connectivity index (χ1v) is 5.14. The number of hydrogen-bond acceptors (Lipinski definition) is 3. The Morgan fingerprint density at radius 1 is 1.44 bits per heavy atom. The number of carboxylic acids is 1. The highest BCUT2D eigenvalue weighted by Crippen LogP contribution is 2.22. The van der Waals surface area contributed by atoms with Gasteiger partial charge in [-0.15, -0.1) is 0 Å². The number of aliphatic hydroxyl groups is 1. The van der Waals surface area contributed by atoms with Gasteiger partial charge in [-0.3, -0.25) is 4.79 Å². The third kappa shape index (κ3) is 3.05. The first-order valence-electron chi connectivity index (χ1n) is 5.14. The number of carboxylic acid groups (broad SMARTS) is 1. The van der Waals surface area contributed by atoms with Crippen molar-refractivity contribution in [3.05, 3.63) is 34.9 Å². The van der Waals surface area contributed by atoms with Crippen molar-refractivity contribution in [2.45, 2.75) is 32.4 Å². The van der Waals surface area contributed by atoms with Crippen LogP contribution in [0.1, 0.15) is 29.2 Å². The number of nitrogens with two attached hydrogens (primary N) is 1. The summed E-state index contributed by atoms with van der Waals surface area (Å²) in [5.41, 5.74) is 8.34. The first kappa shape index (κ1) is 12.7. The van der Waals surface area contributed by atoms with Crippen LogP contribution in [0.3, 0.4) is 0 Å². The van der Waals surface area contributed by atoms with E-state index in [4.69, 9.17) is 10.8 Å². The van der Waals surface area contributed by atoms with Crippen molar-refractivity contribution in [1.82, 2.24) is 0 Å². The molecule has 0 saturated heterocycles. The minimum absolute atomic E-state index is 0.242. The van der Waals surface area contributed by atoms with E-state index in [-0.39, 0.29) is 6.42 Å². The monoisotopic (exact) mass is 223 g/mol. The maximum atomic E-state index is 10.5. The van der Waals surface area contributed by atoms with E-state index in [9.17, 15) is 9.90 Å². The van der Waals surface area contributed by atoms with E-state index in [1.165, 1.54) is 0 Å². The van der Waals surface area contributed by atoms with Gasteiger partial charge in [-0.05, 0) is 25.0 Å². The Labute approximate surface area is 94.7 Å². The Bertz CT molecular complexity index is 390. The molecule has 2 atom stereocenters. The molecular formula is C12H17NO3. The summed E-state index contributed by atoms with van der Waals surface area (Å²) < 4.78 is 0. The molecule has 1 rings (SSSR count). The molecule has 0 aliphatic rings. The summed E-state index contributed by atoms with van der Waals surface area (Å²) in [6.45, 7) is 3.83. The summed E-state index contributed by atoms with van der Waals surface area (Å²) in [6, 6.07) is 4.82. The van der Waals surface area contributed by atoms with E-state index in [1.807, 2.05) is 26.0 Å². The minimum atomic E-state index is -1.00. The third-order valence-electron chi connectivity index (χ3n) is 2.56. The Kier molecular flexibility index (Phi) is 4.04. The molecule has 0 bridgehead atoms. The summed E-state index contributed by atoms with van der Waals surface area (Å²) >= 11 is 0. The number of hydrogen-bond donors (Lipinski definition) is 3. The molecule has 0 fully saturated rings. The van der Waals surface area contributed by atoms with Crippen LogP contribution in [-0.4, -0.2) is 22.2 Å². The minimum Gasteiger partial charge on any atom is -0.481 e. The molecule has 4 heteroatoms. The van der Waals surface area contributed by atoms with Gasteiger partial charge in [-0.2, -0.15) is 0 Å².